The summed E-state index contributed by atoms with van der Waals surface area (Å²) in [5, 5.41) is 3.38. The zero-order valence-corrected chi connectivity index (χ0v) is 10.6. The number of ether oxygens (including phenoxy) is 1. The molecule has 0 bridgehead atoms. The minimum atomic E-state index is -0.424. The SMILES string of the molecule is COC(=O)c1cc(N[C@@H]2CCCC[C@H]2N)ccn1. The Morgan fingerprint density at radius 3 is 3.00 bits per heavy atom. The zero-order chi connectivity index (χ0) is 13.0. The fraction of sp³-hybridized carbons (Fsp3) is 0.538. The normalized spacial score (nSPS) is 23.4. The van der Waals surface area contributed by atoms with Crippen molar-refractivity contribution in [1.82, 2.24) is 4.98 Å². The molecule has 0 radical (unpaired) electrons. The Bertz CT molecular complexity index is 422. The summed E-state index contributed by atoms with van der Waals surface area (Å²) in [7, 11) is 1.35. The Hall–Kier alpha value is -1.62. The monoisotopic (exact) mass is 249 g/mol. The molecule has 1 fully saturated rings. The van der Waals surface area contributed by atoms with Crippen molar-refractivity contribution in [2.24, 2.45) is 5.73 Å². The lowest BCUT2D eigenvalue weighted by Crippen LogP contribution is -2.42. The summed E-state index contributed by atoms with van der Waals surface area (Å²) in [5.74, 6) is -0.424. The number of rotatable bonds is 3. The van der Waals surface area contributed by atoms with Crippen LogP contribution in [0.25, 0.3) is 0 Å². The van der Waals surface area contributed by atoms with Gasteiger partial charge in [-0.2, -0.15) is 0 Å². The van der Waals surface area contributed by atoms with Crippen LogP contribution in [0.3, 0.4) is 0 Å². The molecule has 0 spiro atoms. The molecule has 0 aromatic carbocycles. The summed E-state index contributed by atoms with van der Waals surface area (Å²) in [4.78, 5) is 15.4. The van der Waals surface area contributed by atoms with E-state index in [1.807, 2.05) is 6.07 Å². The molecule has 0 unspecified atom stereocenters. The van der Waals surface area contributed by atoms with Gasteiger partial charge >= 0.3 is 5.97 Å². The highest BCUT2D eigenvalue weighted by molar-refractivity contribution is 5.88. The second-order valence-electron chi connectivity index (χ2n) is 4.62. The molecule has 0 saturated heterocycles. The summed E-state index contributed by atoms with van der Waals surface area (Å²) in [6.45, 7) is 0. The number of pyridine rings is 1. The Morgan fingerprint density at radius 1 is 1.50 bits per heavy atom. The van der Waals surface area contributed by atoms with Crippen molar-refractivity contribution >= 4 is 11.7 Å². The van der Waals surface area contributed by atoms with Gasteiger partial charge in [-0.15, -0.1) is 0 Å². The largest absolute Gasteiger partial charge is 0.464 e. The van der Waals surface area contributed by atoms with Crippen LogP contribution in [0.5, 0.6) is 0 Å². The lowest BCUT2D eigenvalue weighted by molar-refractivity contribution is 0.0594. The number of anilines is 1. The van der Waals surface area contributed by atoms with E-state index in [0.717, 1.165) is 18.5 Å². The van der Waals surface area contributed by atoms with Gasteiger partial charge in [0.15, 0.2) is 0 Å². The van der Waals surface area contributed by atoms with Crippen LogP contribution in [0.1, 0.15) is 36.2 Å². The standard InChI is InChI=1S/C13H19N3O2/c1-18-13(17)12-8-9(6-7-15-12)16-11-5-3-2-4-10(11)14/h6-8,10-11H,2-5,14H2,1H3,(H,15,16)/t10-,11-/m1/s1. The summed E-state index contributed by atoms with van der Waals surface area (Å²) in [6, 6.07) is 3.99. The summed E-state index contributed by atoms with van der Waals surface area (Å²) in [6.07, 6.45) is 6.11. The Morgan fingerprint density at radius 2 is 2.28 bits per heavy atom. The van der Waals surface area contributed by atoms with Gasteiger partial charge in [0.05, 0.1) is 7.11 Å². The molecular weight excluding hydrogens is 230 g/mol. The zero-order valence-electron chi connectivity index (χ0n) is 10.6. The van der Waals surface area contributed by atoms with Crippen LogP contribution in [-0.2, 0) is 4.74 Å². The van der Waals surface area contributed by atoms with Crippen LogP contribution < -0.4 is 11.1 Å². The third-order valence-electron chi connectivity index (χ3n) is 3.33. The van der Waals surface area contributed by atoms with E-state index < -0.39 is 5.97 Å². The third-order valence-corrected chi connectivity index (χ3v) is 3.33. The van der Waals surface area contributed by atoms with Crippen molar-refractivity contribution < 1.29 is 9.53 Å². The van der Waals surface area contributed by atoms with Gasteiger partial charge in [-0.3, -0.25) is 0 Å². The number of aromatic nitrogens is 1. The van der Waals surface area contributed by atoms with Gasteiger partial charge in [-0.1, -0.05) is 12.8 Å². The first-order valence-electron chi connectivity index (χ1n) is 6.27. The number of nitrogens with zero attached hydrogens (tertiary/aromatic N) is 1. The fourth-order valence-corrected chi connectivity index (χ4v) is 2.29. The van der Waals surface area contributed by atoms with Crippen molar-refractivity contribution in [2.45, 2.75) is 37.8 Å². The molecule has 1 heterocycles. The van der Waals surface area contributed by atoms with E-state index in [1.54, 1.807) is 12.3 Å². The molecule has 2 atom stereocenters. The molecule has 0 amide bonds. The smallest absolute Gasteiger partial charge is 0.356 e. The van der Waals surface area contributed by atoms with Crippen molar-refractivity contribution in [2.75, 3.05) is 12.4 Å². The Kier molecular flexibility index (Phi) is 4.15. The third kappa shape index (κ3) is 2.98. The van der Waals surface area contributed by atoms with E-state index in [9.17, 15) is 4.79 Å². The molecule has 1 aromatic rings. The van der Waals surface area contributed by atoms with Crippen molar-refractivity contribution in [1.29, 1.82) is 0 Å². The highest BCUT2D eigenvalue weighted by atomic mass is 16.5. The maximum Gasteiger partial charge on any atom is 0.356 e. The van der Waals surface area contributed by atoms with E-state index in [4.69, 9.17) is 5.73 Å². The average molecular weight is 249 g/mol. The lowest BCUT2D eigenvalue weighted by atomic mass is 9.91. The quantitative estimate of drug-likeness (QED) is 0.795. The van der Waals surface area contributed by atoms with Gasteiger partial charge in [0.2, 0.25) is 0 Å². The lowest BCUT2D eigenvalue weighted by Gasteiger charge is -2.30. The van der Waals surface area contributed by atoms with Gasteiger partial charge in [0.25, 0.3) is 0 Å². The summed E-state index contributed by atoms with van der Waals surface area (Å²) >= 11 is 0. The Labute approximate surface area is 107 Å². The van der Waals surface area contributed by atoms with Crippen molar-refractivity contribution in [3.8, 4) is 0 Å². The van der Waals surface area contributed by atoms with Gasteiger partial charge in [-0.25, -0.2) is 9.78 Å². The number of nitrogens with two attached hydrogens (primary N) is 1. The number of carbonyl (C=O) groups excluding carboxylic acids is 1. The molecule has 1 saturated carbocycles. The molecule has 2 rings (SSSR count). The number of hydrogen-bond acceptors (Lipinski definition) is 5. The molecule has 0 aliphatic heterocycles. The van der Waals surface area contributed by atoms with Crippen LogP contribution in [0.2, 0.25) is 0 Å². The summed E-state index contributed by atoms with van der Waals surface area (Å²) < 4.78 is 4.65. The maximum atomic E-state index is 11.4. The Balaban J connectivity index is 2.06. The molecule has 98 valence electrons. The van der Waals surface area contributed by atoms with Crippen LogP contribution in [0, 0.1) is 0 Å². The van der Waals surface area contributed by atoms with Gasteiger partial charge < -0.3 is 15.8 Å². The number of methoxy groups -OCH3 is 1. The number of carbonyl (C=O) groups is 1. The van der Waals surface area contributed by atoms with Crippen molar-refractivity contribution in [3.05, 3.63) is 24.0 Å². The molecular formula is C13H19N3O2. The predicted octanol–water partition coefficient (Wildman–Crippen LogP) is 1.55. The van der Waals surface area contributed by atoms with Crippen LogP contribution in [0.15, 0.2) is 18.3 Å². The van der Waals surface area contributed by atoms with Gasteiger partial charge in [-0.05, 0) is 25.0 Å². The minimum Gasteiger partial charge on any atom is -0.464 e. The maximum absolute atomic E-state index is 11.4. The van der Waals surface area contributed by atoms with E-state index in [-0.39, 0.29) is 12.1 Å². The van der Waals surface area contributed by atoms with Gasteiger partial charge in [0, 0.05) is 24.0 Å². The summed E-state index contributed by atoms with van der Waals surface area (Å²) in [5.41, 5.74) is 7.26. The molecule has 5 heteroatoms. The van der Waals surface area contributed by atoms with E-state index >= 15 is 0 Å². The molecule has 1 aromatic heterocycles. The number of hydrogen-bond donors (Lipinski definition) is 2. The van der Waals surface area contributed by atoms with Gasteiger partial charge in [0.1, 0.15) is 5.69 Å². The molecule has 3 N–H and O–H groups in total. The second-order valence-corrected chi connectivity index (χ2v) is 4.62. The number of nitrogens with one attached hydrogen (secondary N) is 1. The highest BCUT2D eigenvalue weighted by Crippen LogP contribution is 2.21. The van der Waals surface area contributed by atoms with Crippen LogP contribution in [-0.4, -0.2) is 30.1 Å². The van der Waals surface area contributed by atoms with E-state index in [1.165, 1.54) is 20.0 Å². The fourth-order valence-electron chi connectivity index (χ4n) is 2.29. The average Bonchev–Trinajstić information content (AvgIpc) is 2.41. The predicted molar refractivity (Wildman–Crippen MR) is 69.4 cm³/mol. The van der Waals surface area contributed by atoms with Crippen LogP contribution >= 0.6 is 0 Å². The molecule has 1 aliphatic rings. The molecule has 5 nitrogen and oxygen atoms in total. The van der Waals surface area contributed by atoms with Crippen molar-refractivity contribution in [3.63, 3.8) is 0 Å². The topological polar surface area (TPSA) is 77.2 Å². The molecule has 1 aliphatic carbocycles. The second kappa shape index (κ2) is 5.82. The first-order valence-corrected chi connectivity index (χ1v) is 6.27. The number of esters is 1. The molecule has 18 heavy (non-hydrogen) atoms. The van der Waals surface area contributed by atoms with E-state index in [2.05, 4.69) is 15.0 Å². The van der Waals surface area contributed by atoms with E-state index in [0.29, 0.717) is 5.69 Å². The highest BCUT2D eigenvalue weighted by Gasteiger charge is 2.21. The first-order chi connectivity index (χ1) is 8.70. The minimum absolute atomic E-state index is 0.175. The van der Waals surface area contributed by atoms with Crippen LogP contribution in [0.4, 0.5) is 5.69 Å². The first kappa shape index (κ1) is 12.8.